The maximum absolute atomic E-state index is 5.74. The molecule has 2 aromatic rings. The monoisotopic (exact) mass is 306 g/mol. The molecule has 0 saturated carbocycles. The van der Waals surface area contributed by atoms with E-state index in [0.717, 1.165) is 31.4 Å². The van der Waals surface area contributed by atoms with Crippen molar-refractivity contribution in [3.05, 3.63) is 38.8 Å². The summed E-state index contributed by atoms with van der Waals surface area (Å²) < 4.78 is 1.96. The summed E-state index contributed by atoms with van der Waals surface area (Å²) in [4.78, 5) is 2.86. The molecule has 0 aliphatic rings. The van der Waals surface area contributed by atoms with Crippen LogP contribution in [0, 0.1) is 13.8 Å². The van der Waals surface area contributed by atoms with Gasteiger partial charge >= 0.3 is 0 Å². The third kappa shape index (κ3) is 3.93. The summed E-state index contributed by atoms with van der Waals surface area (Å²) in [7, 11) is 2.00. The van der Waals surface area contributed by atoms with E-state index in [1.165, 1.54) is 21.0 Å². The van der Waals surface area contributed by atoms with Gasteiger partial charge in [0.15, 0.2) is 0 Å². The smallest absolute Gasteiger partial charge is 0.0628 e. The number of nitrogens with one attached hydrogen (secondary N) is 1. The highest BCUT2D eigenvalue weighted by atomic mass is 32.1. The van der Waals surface area contributed by atoms with Gasteiger partial charge in [-0.15, -0.1) is 11.3 Å². The van der Waals surface area contributed by atoms with E-state index in [-0.39, 0.29) is 0 Å². The Bertz CT molecular complexity index is 585. The first-order chi connectivity index (χ1) is 10.0. The Hall–Kier alpha value is -1.17. The van der Waals surface area contributed by atoms with Crippen LogP contribution in [-0.2, 0) is 26.3 Å². The average molecular weight is 306 g/mol. The number of aryl methyl sites for hydroxylation is 3. The summed E-state index contributed by atoms with van der Waals surface area (Å²) in [6.07, 6.45) is 4.16. The second-order valence-electron chi connectivity index (χ2n) is 5.60. The summed E-state index contributed by atoms with van der Waals surface area (Å²) in [5.41, 5.74) is 6.72. The van der Waals surface area contributed by atoms with E-state index in [2.05, 4.69) is 43.4 Å². The van der Waals surface area contributed by atoms with Gasteiger partial charge in [-0.25, -0.2) is 0 Å². The fraction of sp³-hybridized carbons (Fsp3) is 0.562. The summed E-state index contributed by atoms with van der Waals surface area (Å²) in [5, 5.41) is 4.48. The minimum Gasteiger partial charge on any atom is -0.272 e. The molecule has 0 aliphatic carbocycles. The molecule has 21 heavy (non-hydrogen) atoms. The molecule has 2 rings (SSSR count). The van der Waals surface area contributed by atoms with Crippen molar-refractivity contribution in [2.75, 3.05) is 0 Å². The minimum atomic E-state index is 0.312. The van der Waals surface area contributed by atoms with Crippen LogP contribution >= 0.6 is 11.3 Å². The second kappa shape index (κ2) is 7.20. The number of rotatable bonds is 7. The Morgan fingerprint density at radius 2 is 2.05 bits per heavy atom. The van der Waals surface area contributed by atoms with Crippen molar-refractivity contribution in [1.29, 1.82) is 0 Å². The molecular weight excluding hydrogens is 280 g/mol. The molecule has 0 bridgehead atoms. The van der Waals surface area contributed by atoms with E-state index in [4.69, 9.17) is 5.84 Å². The molecule has 0 amide bonds. The lowest BCUT2D eigenvalue weighted by Gasteiger charge is -2.15. The number of nitrogens with zero attached hydrogens (tertiary/aromatic N) is 2. The Kier molecular flexibility index (Phi) is 5.56. The van der Waals surface area contributed by atoms with Crippen LogP contribution in [0.4, 0.5) is 0 Å². The van der Waals surface area contributed by atoms with Crippen molar-refractivity contribution in [3.8, 4) is 0 Å². The topological polar surface area (TPSA) is 55.9 Å². The van der Waals surface area contributed by atoms with Gasteiger partial charge in [0.25, 0.3) is 0 Å². The SMILES string of the molecule is CCc1ccc(CC(CCc2c(C)nn(C)c2C)NN)s1. The molecule has 2 aromatic heterocycles. The minimum absolute atomic E-state index is 0.312. The second-order valence-corrected chi connectivity index (χ2v) is 6.85. The first kappa shape index (κ1) is 16.2. The molecule has 1 atom stereocenters. The number of hydrogen-bond acceptors (Lipinski definition) is 4. The van der Waals surface area contributed by atoms with E-state index in [9.17, 15) is 0 Å². The predicted molar refractivity (Wildman–Crippen MR) is 89.5 cm³/mol. The fourth-order valence-corrected chi connectivity index (χ4v) is 3.74. The highest BCUT2D eigenvalue weighted by Gasteiger charge is 2.14. The third-order valence-corrected chi connectivity index (χ3v) is 5.40. The van der Waals surface area contributed by atoms with Gasteiger partial charge in [-0.05, 0) is 57.2 Å². The van der Waals surface area contributed by atoms with E-state index in [1.807, 2.05) is 23.1 Å². The first-order valence-electron chi connectivity index (χ1n) is 7.57. The molecule has 5 heteroatoms. The molecule has 1 unspecified atom stereocenters. The van der Waals surface area contributed by atoms with Crippen molar-refractivity contribution in [2.24, 2.45) is 12.9 Å². The molecule has 0 saturated heterocycles. The zero-order valence-electron chi connectivity index (χ0n) is 13.4. The standard InChI is InChI=1S/C16H26N4S/c1-5-14-7-8-15(21-14)10-13(18-17)6-9-16-11(2)19-20(4)12(16)3/h7-8,13,18H,5-6,9-10,17H2,1-4H3. The Morgan fingerprint density at radius 1 is 1.33 bits per heavy atom. The molecule has 4 nitrogen and oxygen atoms in total. The van der Waals surface area contributed by atoms with Gasteiger partial charge in [0.2, 0.25) is 0 Å². The van der Waals surface area contributed by atoms with Gasteiger partial charge in [0.05, 0.1) is 5.69 Å². The van der Waals surface area contributed by atoms with Crippen molar-refractivity contribution in [3.63, 3.8) is 0 Å². The van der Waals surface area contributed by atoms with E-state index < -0.39 is 0 Å². The Morgan fingerprint density at radius 3 is 2.57 bits per heavy atom. The van der Waals surface area contributed by atoms with Crippen LogP contribution in [0.3, 0.4) is 0 Å². The number of hydrogen-bond donors (Lipinski definition) is 2. The molecular formula is C16H26N4S. The van der Waals surface area contributed by atoms with Crippen LogP contribution in [-0.4, -0.2) is 15.8 Å². The number of aromatic nitrogens is 2. The molecule has 2 heterocycles. The maximum Gasteiger partial charge on any atom is 0.0628 e. The quantitative estimate of drug-likeness (QED) is 0.611. The third-order valence-electron chi connectivity index (χ3n) is 4.15. The lowest BCUT2D eigenvalue weighted by Crippen LogP contribution is -2.37. The molecule has 0 aliphatic heterocycles. The van der Waals surface area contributed by atoms with Crippen LogP contribution in [0.2, 0.25) is 0 Å². The van der Waals surface area contributed by atoms with E-state index in [1.54, 1.807) is 0 Å². The van der Waals surface area contributed by atoms with Crippen molar-refractivity contribution >= 4 is 11.3 Å². The number of thiophene rings is 1. The maximum atomic E-state index is 5.74. The summed E-state index contributed by atoms with van der Waals surface area (Å²) in [6.45, 7) is 6.41. The van der Waals surface area contributed by atoms with Crippen molar-refractivity contribution in [1.82, 2.24) is 15.2 Å². The fourth-order valence-electron chi connectivity index (χ4n) is 2.71. The van der Waals surface area contributed by atoms with Gasteiger partial charge in [0, 0.05) is 28.5 Å². The Balaban J connectivity index is 1.96. The zero-order chi connectivity index (χ0) is 15.4. The average Bonchev–Trinajstić information content (AvgIpc) is 3.01. The molecule has 0 fully saturated rings. The number of hydrazine groups is 1. The van der Waals surface area contributed by atoms with Crippen LogP contribution in [0.15, 0.2) is 12.1 Å². The van der Waals surface area contributed by atoms with Gasteiger partial charge in [-0.2, -0.15) is 5.10 Å². The van der Waals surface area contributed by atoms with Crippen LogP contribution in [0.5, 0.6) is 0 Å². The van der Waals surface area contributed by atoms with E-state index >= 15 is 0 Å². The van der Waals surface area contributed by atoms with Crippen LogP contribution in [0.25, 0.3) is 0 Å². The Labute approximate surface area is 131 Å². The van der Waals surface area contributed by atoms with Gasteiger partial charge in [0.1, 0.15) is 0 Å². The van der Waals surface area contributed by atoms with Gasteiger partial charge < -0.3 is 0 Å². The largest absolute Gasteiger partial charge is 0.272 e. The van der Waals surface area contributed by atoms with Gasteiger partial charge in [-0.3, -0.25) is 16.0 Å². The van der Waals surface area contributed by atoms with Crippen LogP contribution in [0.1, 0.15) is 40.1 Å². The summed E-state index contributed by atoms with van der Waals surface area (Å²) in [5.74, 6) is 5.74. The van der Waals surface area contributed by atoms with Crippen molar-refractivity contribution < 1.29 is 0 Å². The lowest BCUT2D eigenvalue weighted by atomic mass is 10.0. The highest BCUT2D eigenvalue weighted by molar-refractivity contribution is 7.11. The number of nitrogens with two attached hydrogens (primary N) is 1. The molecule has 0 aromatic carbocycles. The normalized spacial score (nSPS) is 12.8. The van der Waals surface area contributed by atoms with Crippen LogP contribution < -0.4 is 11.3 Å². The summed E-state index contributed by atoms with van der Waals surface area (Å²) >= 11 is 1.90. The first-order valence-corrected chi connectivity index (χ1v) is 8.39. The molecule has 3 N–H and O–H groups in total. The van der Waals surface area contributed by atoms with Crippen molar-refractivity contribution in [2.45, 2.75) is 52.5 Å². The lowest BCUT2D eigenvalue weighted by molar-refractivity contribution is 0.493. The zero-order valence-corrected chi connectivity index (χ0v) is 14.3. The van der Waals surface area contributed by atoms with E-state index in [0.29, 0.717) is 6.04 Å². The highest BCUT2D eigenvalue weighted by Crippen LogP contribution is 2.21. The molecule has 116 valence electrons. The molecule has 0 radical (unpaired) electrons. The predicted octanol–water partition coefficient (Wildman–Crippen LogP) is 2.67. The van der Waals surface area contributed by atoms with Gasteiger partial charge in [-0.1, -0.05) is 6.92 Å². The molecule has 0 spiro atoms. The summed E-state index contributed by atoms with van der Waals surface area (Å²) in [6, 6.07) is 4.77.